The first-order valence-electron chi connectivity index (χ1n) is 9.08. The summed E-state index contributed by atoms with van der Waals surface area (Å²) in [5.74, 6) is -0.0531. The number of fused-ring (bicyclic) bond motifs is 1. The van der Waals surface area contributed by atoms with E-state index in [9.17, 15) is 14.3 Å². The Morgan fingerprint density at radius 1 is 1.04 bits per heavy atom. The van der Waals surface area contributed by atoms with Crippen LogP contribution in [0.3, 0.4) is 0 Å². The minimum absolute atomic E-state index is 0.0244. The van der Waals surface area contributed by atoms with Crippen LogP contribution in [0.25, 0.3) is 22.3 Å². The van der Waals surface area contributed by atoms with E-state index in [-0.39, 0.29) is 22.6 Å². The number of benzene rings is 3. The Morgan fingerprint density at radius 2 is 1.75 bits per heavy atom. The molecule has 0 fully saturated rings. The molecule has 0 aliphatic carbocycles. The van der Waals surface area contributed by atoms with Gasteiger partial charge < -0.3 is 5.11 Å². The van der Waals surface area contributed by atoms with Crippen LogP contribution in [0.1, 0.15) is 18.4 Å². The van der Waals surface area contributed by atoms with Crippen molar-refractivity contribution >= 4 is 10.9 Å². The molecule has 28 heavy (non-hydrogen) atoms. The monoisotopic (exact) mass is 374 g/mol. The maximum atomic E-state index is 13.7. The number of phenols is 1. The summed E-state index contributed by atoms with van der Waals surface area (Å²) in [4.78, 5) is 17.8. The Morgan fingerprint density at radius 3 is 2.50 bits per heavy atom. The highest BCUT2D eigenvalue weighted by atomic mass is 19.1. The number of hydrogen-bond donors (Lipinski definition) is 1. The van der Waals surface area contributed by atoms with Gasteiger partial charge in [0.25, 0.3) is 5.56 Å². The Kier molecular flexibility index (Phi) is 4.65. The lowest BCUT2D eigenvalue weighted by molar-refractivity contribution is 0.475. The van der Waals surface area contributed by atoms with Gasteiger partial charge in [0.05, 0.1) is 16.5 Å². The standard InChI is InChI=1S/C23H19FN2O2/c1-15(16-7-3-2-4-8-16)14-26-22(18-9-5-6-10-21(18)27)25-20-12-11-17(24)13-19(20)23(26)28/h2-13,15,27H,14H2,1H3/t15-/m1/s1. The Balaban J connectivity index is 1.94. The van der Waals surface area contributed by atoms with Crippen molar-refractivity contribution in [1.29, 1.82) is 0 Å². The molecule has 0 aliphatic rings. The molecule has 4 nitrogen and oxygen atoms in total. The van der Waals surface area contributed by atoms with Crippen molar-refractivity contribution in [2.45, 2.75) is 19.4 Å². The third-order valence-electron chi connectivity index (χ3n) is 4.89. The molecule has 0 amide bonds. The van der Waals surface area contributed by atoms with Crippen LogP contribution in [0, 0.1) is 5.82 Å². The second-order valence-corrected chi connectivity index (χ2v) is 6.84. The van der Waals surface area contributed by atoms with Gasteiger partial charge in [0.15, 0.2) is 0 Å². The lowest BCUT2D eigenvalue weighted by Crippen LogP contribution is -2.26. The van der Waals surface area contributed by atoms with Crippen LogP contribution in [0.4, 0.5) is 4.39 Å². The summed E-state index contributed by atoms with van der Waals surface area (Å²) in [6, 6.07) is 20.6. The molecule has 5 heteroatoms. The molecule has 1 N–H and O–H groups in total. The lowest BCUT2D eigenvalue weighted by Gasteiger charge is -2.18. The third kappa shape index (κ3) is 3.27. The maximum Gasteiger partial charge on any atom is 0.261 e. The molecule has 140 valence electrons. The van der Waals surface area contributed by atoms with Crippen molar-refractivity contribution in [3.05, 3.63) is 94.5 Å². The van der Waals surface area contributed by atoms with E-state index in [1.165, 1.54) is 22.8 Å². The second-order valence-electron chi connectivity index (χ2n) is 6.84. The zero-order valence-corrected chi connectivity index (χ0v) is 15.3. The fraction of sp³-hybridized carbons (Fsp3) is 0.130. The molecule has 1 heterocycles. The minimum Gasteiger partial charge on any atom is -0.507 e. The van der Waals surface area contributed by atoms with E-state index in [1.807, 2.05) is 37.3 Å². The summed E-state index contributed by atoms with van der Waals surface area (Å²) in [5.41, 5.74) is 1.61. The van der Waals surface area contributed by atoms with Crippen molar-refractivity contribution in [1.82, 2.24) is 9.55 Å². The van der Waals surface area contributed by atoms with Crippen LogP contribution in [-0.4, -0.2) is 14.7 Å². The predicted octanol–water partition coefficient (Wildman–Crippen LogP) is 4.71. The number of aromatic hydroxyl groups is 1. The zero-order chi connectivity index (χ0) is 19.7. The van der Waals surface area contributed by atoms with E-state index in [0.29, 0.717) is 23.4 Å². The highest BCUT2D eigenvalue weighted by Gasteiger charge is 2.18. The average Bonchev–Trinajstić information content (AvgIpc) is 2.71. The largest absolute Gasteiger partial charge is 0.507 e. The molecule has 0 unspecified atom stereocenters. The van der Waals surface area contributed by atoms with Gasteiger partial charge in [-0.3, -0.25) is 9.36 Å². The van der Waals surface area contributed by atoms with Gasteiger partial charge in [-0.15, -0.1) is 0 Å². The fourth-order valence-electron chi connectivity index (χ4n) is 3.39. The minimum atomic E-state index is -0.482. The number of hydrogen-bond acceptors (Lipinski definition) is 3. The third-order valence-corrected chi connectivity index (χ3v) is 4.89. The molecule has 0 aliphatic heterocycles. The Hall–Kier alpha value is -3.47. The quantitative estimate of drug-likeness (QED) is 0.563. The van der Waals surface area contributed by atoms with Crippen molar-refractivity contribution < 1.29 is 9.50 Å². The van der Waals surface area contributed by atoms with Gasteiger partial charge in [-0.05, 0) is 41.8 Å². The summed E-state index contributed by atoms with van der Waals surface area (Å²) < 4.78 is 15.3. The van der Waals surface area contributed by atoms with Gasteiger partial charge in [0.2, 0.25) is 0 Å². The summed E-state index contributed by atoms with van der Waals surface area (Å²) in [6.07, 6.45) is 0. The van der Waals surface area contributed by atoms with E-state index in [1.54, 1.807) is 24.3 Å². The first-order valence-corrected chi connectivity index (χ1v) is 9.08. The van der Waals surface area contributed by atoms with E-state index >= 15 is 0 Å². The number of para-hydroxylation sites is 1. The van der Waals surface area contributed by atoms with Crippen LogP contribution < -0.4 is 5.56 Å². The molecule has 0 radical (unpaired) electrons. The summed E-state index contributed by atoms with van der Waals surface area (Å²) in [5, 5.41) is 10.6. The van der Waals surface area contributed by atoms with Gasteiger partial charge in [-0.25, -0.2) is 9.37 Å². The molecule has 0 saturated carbocycles. The maximum absolute atomic E-state index is 13.7. The fourth-order valence-corrected chi connectivity index (χ4v) is 3.39. The number of aromatic nitrogens is 2. The molecule has 1 aromatic heterocycles. The molecular formula is C23H19FN2O2. The Bertz CT molecular complexity index is 1200. The van der Waals surface area contributed by atoms with E-state index in [0.717, 1.165) is 5.56 Å². The highest BCUT2D eigenvalue weighted by Crippen LogP contribution is 2.29. The number of halogens is 1. The smallest absolute Gasteiger partial charge is 0.261 e. The van der Waals surface area contributed by atoms with E-state index < -0.39 is 5.82 Å². The average molecular weight is 374 g/mol. The lowest BCUT2D eigenvalue weighted by atomic mass is 10.0. The molecule has 0 saturated heterocycles. The normalized spacial score (nSPS) is 12.2. The van der Waals surface area contributed by atoms with Gasteiger partial charge in [0, 0.05) is 6.54 Å². The molecule has 4 aromatic rings. The van der Waals surface area contributed by atoms with Crippen LogP contribution in [-0.2, 0) is 6.54 Å². The van der Waals surface area contributed by atoms with E-state index in [4.69, 9.17) is 0 Å². The first-order chi connectivity index (χ1) is 13.5. The van der Waals surface area contributed by atoms with Crippen molar-refractivity contribution in [2.75, 3.05) is 0 Å². The summed E-state index contributed by atoms with van der Waals surface area (Å²) in [7, 11) is 0. The van der Waals surface area contributed by atoms with Crippen molar-refractivity contribution in [2.24, 2.45) is 0 Å². The molecule has 1 atom stereocenters. The highest BCUT2D eigenvalue weighted by molar-refractivity contribution is 5.80. The Labute approximate surface area is 161 Å². The summed E-state index contributed by atoms with van der Waals surface area (Å²) >= 11 is 0. The summed E-state index contributed by atoms with van der Waals surface area (Å²) in [6.45, 7) is 2.37. The topological polar surface area (TPSA) is 55.1 Å². The van der Waals surface area contributed by atoms with Gasteiger partial charge in [-0.2, -0.15) is 0 Å². The number of nitrogens with zero attached hydrogens (tertiary/aromatic N) is 2. The van der Waals surface area contributed by atoms with Gasteiger partial charge in [-0.1, -0.05) is 49.4 Å². The van der Waals surface area contributed by atoms with Crippen molar-refractivity contribution in [3.63, 3.8) is 0 Å². The van der Waals surface area contributed by atoms with Crippen LogP contribution in [0.15, 0.2) is 77.6 Å². The van der Waals surface area contributed by atoms with Gasteiger partial charge >= 0.3 is 0 Å². The van der Waals surface area contributed by atoms with E-state index in [2.05, 4.69) is 4.98 Å². The predicted molar refractivity (Wildman–Crippen MR) is 108 cm³/mol. The molecule has 4 rings (SSSR count). The first kappa shape index (κ1) is 17.9. The van der Waals surface area contributed by atoms with Crippen molar-refractivity contribution in [3.8, 4) is 17.1 Å². The van der Waals surface area contributed by atoms with Crippen LogP contribution in [0.5, 0.6) is 5.75 Å². The molecule has 3 aromatic carbocycles. The van der Waals surface area contributed by atoms with Crippen LogP contribution >= 0.6 is 0 Å². The molecule has 0 bridgehead atoms. The SMILES string of the molecule is C[C@H](Cn1c(-c2ccccc2O)nc2ccc(F)cc2c1=O)c1ccccc1. The second kappa shape index (κ2) is 7.27. The van der Waals surface area contributed by atoms with Crippen LogP contribution in [0.2, 0.25) is 0 Å². The number of phenolic OH excluding ortho intramolecular Hbond substituents is 1. The zero-order valence-electron chi connectivity index (χ0n) is 15.3. The van der Waals surface area contributed by atoms with Gasteiger partial charge in [0.1, 0.15) is 17.4 Å². The molecular weight excluding hydrogens is 355 g/mol. The molecule has 0 spiro atoms. The number of rotatable bonds is 4.